The van der Waals surface area contributed by atoms with Gasteiger partial charge in [0.05, 0.1) is 12.7 Å². The van der Waals surface area contributed by atoms with Crippen LogP contribution < -0.4 is 4.74 Å². The Morgan fingerprint density at radius 2 is 1.95 bits per heavy atom. The fourth-order valence-electron chi connectivity index (χ4n) is 2.08. The molecule has 0 aliphatic rings. The molecule has 20 heavy (non-hydrogen) atoms. The average molecular weight is 309 g/mol. The molecule has 0 N–H and O–H groups in total. The van der Waals surface area contributed by atoms with Gasteiger partial charge in [-0.05, 0) is 25.1 Å². The first-order chi connectivity index (χ1) is 9.60. The number of rotatable bonds is 2. The van der Waals surface area contributed by atoms with Crippen LogP contribution in [0, 0.1) is 6.92 Å². The lowest BCUT2D eigenvalue weighted by molar-refractivity contribution is 0.416. The van der Waals surface area contributed by atoms with Crippen LogP contribution in [-0.2, 0) is 0 Å². The van der Waals surface area contributed by atoms with Gasteiger partial charge >= 0.3 is 0 Å². The summed E-state index contributed by atoms with van der Waals surface area (Å²) < 4.78 is 7.17. The van der Waals surface area contributed by atoms with Crippen molar-refractivity contribution in [1.82, 2.24) is 19.6 Å². The third-order valence-electron chi connectivity index (χ3n) is 2.93. The number of fused-ring (bicyclic) bond motifs is 1. The van der Waals surface area contributed by atoms with Crippen LogP contribution >= 0.6 is 23.2 Å². The molecule has 0 fully saturated rings. The highest BCUT2D eigenvalue weighted by Crippen LogP contribution is 2.32. The molecule has 1 aromatic carbocycles. The van der Waals surface area contributed by atoms with Crippen LogP contribution in [0.4, 0.5) is 0 Å². The van der Waals surface area contributed by atoms with Crippen molar-refractivity contribution >= 4 is 28.8 Å². The van der Waals surface area contributed by atoms with Crippen LogP contribution in [0.25, 0.3) is 17.0 Å². The van der Waals surface area contributed by atoms with E-state index in [0.717, 1.165) is 5.56 Å². The van der Waals surface area contributed by atoms with E-state index in [-0.39, 0.29) is 0 Å². The Bertz CT molecular complexity index is 800. The topological polar surface area (TPSA) is 52.3 Å². The summed E-state index contributed by atoms with van der Waals surface area (Å²) in [6, 6.07) is 7.01. The quantitative estimate of drug-likeness (QED) is 0.681. The minimum Gasteiger partial charge on any atom is -0.496 e. The lowest BCUT2D eigenvalue weighted by Crippen LogP contribution is -1.99. The average Bonchev–Trinajstić information content (AvgIpc) is 2.82. The molecule has 0 radical (unpaired) electrons. The molecule has 0 saturated heterocycles. The van der Waals surface area contributed by atoms with Crippen LogP contribution in [0.1, 0.15) is 5.82 Å². The van der Waals surface area contributed by atoms with Crippen LogP contribution in [0.15, 0.2) is 24.3 Å². The van der Waals surface area contributed by atoms with Crippen molar-refractivity contribution in [3.8, 4) is 17.1 Å². The van der Waals surface area contributed by atoms with Crippen molar-refractivity contribution in [3.05, 3.63) is 40.3 Å². The summed E-state index contributed by atoms with van der Waals surface area (Å²) in [6.07, 6.45) is 0. The van der Waals surface area contributed by atoms with E-state index in [4.69, 9.17) is 27.9 Å². The normalized spacial score (nSPS) is 11.0. The summed E-state index contributed by atoms with van der Waals surface area (Å²) in [5.41, 5.74) is 1.42. The standard InChI is InChI=1S/C13H10Cl2N4O/c1-7-16-11(15)6-12-17-18-13(19(7)12)9-4-3-8(14)5-10(9)20-2/h3-6H,1-2H3. The zero-order chi connectivity index (χ0) is 14.3. The molecule has 3 aromatic rings. The van der Waals surface area contributed by atoms with Gasteiger partial charge in [-0.25, -0.2) is 4.98 Å². The second-order valence-corrected chi connectivity index (χ2v) is 5.01. The zero-order valence-electron chi connectivity index (χ0n) is 10.8. The smallest absolute Gasteiger partial charge is 0.173 e. The molecule has 0 amide bonds. The summed E-state index contributed by atoms with van der Waals surface area (Å²) in [6.45, 7) is 1.84. The molecule has 7 heteroatoms. The van der Waals surface area contributed by atoms with Gasteiger partial charge in [-0.1, -0.05) is 23.2 Å². The molecule has 0 spiro atoms. The number of aryl methyl sites for hydroxylation is 1. The van der Waals surface area contributed by atoms with Crippen molar-refractivity contribution in [3.63, 3.8) is 0 Å². The van der Waals surface area contributed by atoms with E-state index in [1.54, 1.807) is 25.3 Å². The number of hydrogen-bond donors (Lipinski definition) is 0. The van der Waals surface area contributed by atoms with Gasteiger partial charge in [-0.3, -0.25) is 4.40 Å². The summed E-state index contributed by atoms with van der Waals surface area (Å²) in [4.78, 5) is 4.21. The third kappa shape index (κ3) is 2.09. The van der Waals surface area contributed by atoms with E-state index in [9.17, 15) is 0 Å². The maximum atomic E-state index is 5.97. The summed E-state index contributed by atoms with van der Waals surface area (Å²) in [5, 5.41) is 9.29. The Labute approximate surface area is 125 Å². The molecule has 0 unspecified atom stereocenters. The number of methoxy groups -OCH3 is 1. The van der Waals surface area contributed by atoms with E-state index in [1.165, 1.54) is 0 Å². The molecule has 0 aliphatic heterocycles. The predicted octanol–water partition coefficient (Wildman–Crippen LogP) is 3.42. The largest absolute Gasteiger partial charge is 0.496 e. The fourth-order valence-corrected chi connectivity index (χ4v) is 2.46. The molecule has 0 aliphatic carbocycles. The monoisotopic (exact) mass is 308 g/mol. The van der Waals surface area contributed by atoms with Crippen LogP contribution in [-0.4, -0.2) is 26.7 Å². The molecule has 5 nitrogen and oxygen atoms in total. The van der Waals surface area contributed by atoms with E-state index in [0.29, 0.717) is 33.2 Å². The van der Waals surface area contributed by atoms with Crippen molar-refractivity contribution in [2.45, 2.75) is 6.92 Å². The van der Waals surface area contributed by atoms with Crippen LogP contribution in [0.3, 0.4) is 0 Å². The highest BCUT2D eigenvalue weighted by atomic mass is 35.5. The van der Waals surface area contributed by atoms with Gasteiger partial charge in [-0.15, -0.1) is 10.2 Å². The molecule has 0 bridgehead atoms. The van der Waals surface area contributed by atoms with Crippen molar-refractivity contribution in [1.29, 1.82) is 0 Å². The Hall–Kier alpha value is -1.85. The molecule has 0 saturated carbocycles. The number of halogens is 2. The molecule has 0 atom stereocenters. The Kier molecular flexibility index (Phi) is 3.23. The van der Waals surface area contributed by atoms with Crippen molar-refractivity contribution < 1.29 is 4.74 Å². The van der Waals surface area contributed by atoms with Crippen LogP contribution in [0.5, 0.6) is 5.75 Å². The first kappa shape index (κ1) is 13.1. The van der Waals surface area contributed by atoms with Gasteiger partial charge in [-0.2, -0.15) is 0 Å². The van der Waals surface area contributed by atoms with E-state index in [2.05, 4.69) is 15.2 Å². The van der Waals surface area contributed by atoms with Crippen LogP contribution in [0.2, 0.25) is 10.2 Å². The minimum atomic E-state index is 0.386. The summed E-state index contributed by atoms with van der Waals surface area (Å²) in [5.74, 6) is 1.96. The molecular formula is C13H10Cl2N4O. The second-order valence-electron chi connectivity index (χ2n) is 4.19. The fraction of sp³-hybridized carbons (Fsp3) is 0.154. The maximum absolute atomic E-state index is 5.97. The van der Waals surface area contributed by atoms with E-state index in [1.807, 2.05) is 17.4 Å². The minimum absolute atomic E-state index is 0.386. The Morgan fingerprint density at radius 3 is 2.70 bits per heavy atom. The third-order valence-corrected chi connectivity index (χ3v) is 3.36. The Morgan fingerprint density at radius 1 is 1.15 bits per heavy atom. The molecule has 102 valence electrons. The number of aromatic nitrogens is 4. The molecule has 2 aromatic heterocycles. The highest BCUT2D eigenvalue weighted by molar-refractivity contribution is 6.30. The number of benzene rings is 1. The van der Waals surface area contributed by atoms with Gasteiger partial charge in [0, 0.05) is 11.1 Å². The van der Waals surface area contributed by atoms with E-state index >= 15 is 0 Å². The summed E-state index contributed by atoms with van der Waals surface area (Å²) >= 11 is 11.9. The lowest BCUT2D eigenvalue weighted by atomic mass is 10.2. The second kappa shape index (κ2) is 4.92. The van der Waals surface area contributed by atoms with E-state index < -0.39 is 0 Å². The lowest BCUT2D eigenvalue weighted by Gasteiger charge is -2.08. The van der Waals surface area contributed by atoms with Crippen molar-refractivity contribution in [2.75, 3.05) is 7.11 Å². The van der Waals surface area contributed by atoms with Gasteiger partial charge in [0.25, 0.3) is 0 Å². The van der Waals surface area contributed by atoms with Gasteiger partial charge in [0.2, 0.25) is 0 Å². The maximum Gasteiger partial charge on any atom is 0.173 e. The van der Waals surface area contributed by atoms with Gasteiger partial charge in [0.1, 0.15) is 16.7 Å². The molecule has 2 heterocycles. The first-order valence-corrected chi connectivity index (χ1v) is 6.58. The molecular weight excluding hydrogens is 299 g/mol. The SMILES string of the molecule is COc1cc(Cl)ccc1-c1nnc2cc(Cl)nc(C)n12. The number of nitrogens with zero attached hydrogens (tertiary/aromatic N) is 4. The number of ether oxygens (including phenoxy) is 1. The van der Waals surface area contributed by atoms with Gasteiger partial charge in [0.15, 0.2) is 11.5 Å². The first-order valence-electron chi connectivity index (χ1n) is 5.82. The Balaban J connectivity index is 2.30. The predicted molar refractivity (Wildman–Crippen MR) is 77.5 cm³/mol. The molecule has 3 rings (SSSR count). The summed E-state index contributed by atoms with van der Waals surface area (Å²) in [7, 11) is 1.58. The van der Waals surface area contributed by atoms with Gasteiger partial charge < -0.3 is 4.74 Å². The van der Waals surface area contributed by atoms with Crippen molar-refractivity contribution in [2.24, 2.45) is 0 Å². The number of hydrogen-bond acceptors (Lipinski definition) is 4. The zero-order valence-corrected chi connectivity index (χ0v) is 12.3. The highest BCUT2D eigenvalue weighted by Gasteiger charge is 2.15.